The highest BCUT2D eigenvalue weighted by molar-refractivity contribution is 7.89. The summed E-state index contributed by atoms with van der Waals surface area (Å²) in [6.45, 7) is 4.69. The molecular formula is C16H20N2O3S. The van der Waals surface area contributed by atoms with E-state index in [-0.39, 0.29) is 11.4 Å². The third-order valence-corrected chi connectivity index (χ3v) is 4.51. The standard InChI is InChI=1S/C16H20N2O3S/c1-3-9-21-16-7-6-15(10-13(16)2)22(19,20)18-12-14-5-4-8-17-11-14/h4-8,10-11,18H,3,9,12H2,1-2H3. The Morgan fingerprint density at radius 2 is 2.09 bits per heavy atom. The topological polar surface area (TPSA) is 68.3 Å². The summed E-state index contributed by atoms with van der Waals surface area (Å²) in [5, 5.41) is 0. The van der Waals surface area contributed by atoms with Crippen LogP contribution in [0.4, 0.5) is 0 Å². The third kappa shape index (κ3) is 4.29. The molecule has 5 nitrogen and oxygen atoms in total. The van der Waals surface area contributed by atoms with Crippen LogP contribution in [0.25, 0.3) is 0 Å². The normalized spacial score (nSPS) is 11.4. The Bertz CT molecular complexity index is 715. The average Bonchev–Trinajstić information content (AvgIpc) is 2.53. The lowest BCUT2D eigenvalue weighted by Crippen LogP contribution is -2.23. The number of hydrogen-bond acceptors (Lipinski definition) is 4. The van der Waals surface area contributed by atoms with Crippen LogP contribution in [0.1, 0.15) is 24.5 Å². The first-order valence-corrected chi connectivity index (χ1v) is 8.63. The summed E-state index contributed by atoms with van der Waals surface area (Å²) in [6.07, 6.45) is 4.19. The summed E-state index contributed by atoms with van der Waals surface area (Å²) in [5.74, 6) is 0.716. The lowest BCUT2D eigenvalue weighted by atomic mass is 10.2. The van der Waals surface area contributed by atoms with E-state index in [0.717, 1.165) is 17.5 Å². The van der Waals surface area contributed by atoms with Gasteiger partial charge in [-0.25, -0.2) is 13.1 Å². The molecule has 1 aromatic carbocycles. The molecule has 0 saturated heterocycles. The van der Waals surface area contributed by atoms with E-state index in [9.17, 15) is 8.42 Å². The number of benzene rings is 1. The van der Waals surface area contributed by atoms with Gasteiger partial charge < -0.3 is 4.74 Å². The summed E-state index contributed by atoms with van der Waals surface area (Å²) < 4.78 is 32.8. The summed E-state index contributed by atoms with van der Waals surface area (Å²) in [6, 6.07) is 8.47. The second-order valence-corrected chi connectivity index (χ2v) is 6.73. The van der Waals surface area contributed by atoms with Gasteiger partial charge in [-0.15, -0.1) is 0 Å². The molecule has 0 amide bonds. The number of aryl methyl sites for hydroxylation is 1. The number of pyridine rings is 1. The van der Waals surface area contributed by atoms with Gasteiger partial charge in [-0.3, -0.25) is 4.98 Å². The Morgan fingerprint density at radius 1 is 1.27 bits per heavy atom. The Morgan fingerprint density at radius 3 is 2.73 bits per heavy atom. The summed E-state index contributed by atoms with van der Waals surface area (Å²) in [7, 11) is -3.55. The molecule has 2 rings (SSSR count). The summed E-state index contributed by atoms with van der Waals surface area (Å²) >= 11 is 0. The van der Waals surface area contributed by atoms with E-state index in [1.165, 1.54) is 0 Å². The molecule has 0 spiro atoms. The van der Waals surface area contributed by atoms with Crippen molar-refractivity contribution < 1.29 is 13.2 Å². The molecule has 0 fully saturated rings. The number of hydrogen-bond donors (Lipinski definition) is 1. The fourth-order valence-electron chi connectivity index (χ4n) is 1.93. The van der Waals surface area contributed by atoms with Gasteiger partial charge in [0.15, 0.2) is 0 Å². The van der Waals surface area contributed by atoms with Gasteiger partial charge in [-0.1, -0.05) is 13.0 Å². The van der Waals surface area contributed by atoms with Gasteiger partial charge in [0.25, 0.3) is 0 Å². The number of rotatable bonds is 7. The Hall–Kier alpha value is -1.92. The molecular weight excluding hydrogens is 300 g/mol. The van der Waals surface area contributed by atoms with Gasteiger partial charge in [0.1, 0.15) is 5.75 Å². The Labute approximate surface area is 131 Å². The zero-order valence-corrected chi connectivity index (χ0v) is 13.6. The monoisotopic (exact) mass is 320 g/mol. The molecule has 0 aliphatic rings. The van der Waals surface area contributed by atoms with Crippen LogP contribution in [-0.2, 0) is 16.6 Å². The van der Waals surface area contributed by atoms with E-state index in [0.29, 0.717) is 12.4 Å². The molecule has 1 heterocycles. The zero-order chi connectivity index (χ0) is 16.0. The largest absolute Gasteiger partial charge is 0.493 e. The van der Waals surface area contributed by atoms with Gasteiger partial charge in [-0.2, -0.15) is 0 Å². The van der Waals surface area contributed by atoms with Crippen molar-refractivity contribution in [1.29, 1.82) is 0 Å². The van der Waals surface area contributed by atoms with Crippen molar-refractivity contribution in [2.45, 2.75) is 31.7 Å². The van der Waals surface area contributed by atoms with Crippen LogP contribution in [0, 0.1) is 6.92 Å². The van der Waals surface area contributed by atoms with E-state index >= 15 is 0 Å². The molecule has 6 heteroatoms. The quantitative estimate of drug-likeness (QED) is 0.851. The molecule has 0 bridgehead atoms. The number of aromatic nitrogens is 1. The second kappa shape index (κ2) is 7.38. The van der Waals surface area contributed by atoms with Crippen molar-refractivity contribution in [3.05, 3.63) is 53.9 Å². The molecule has 1 N–H and O–H groups in total. The zero-order valence-electron chi connectivity index (χ0n) is 12.7. The molecule has 0 aliphatic heterocycles. The maximum Gasteiger partial charge on any atom is 0.240 e. The van der Waals surface area contributed by atoms with Gasteiger partial charge in [0.05, 0.1) is 11.5 Å². The molecule has 118 valence electrons. The van der Waals surface area contributed by atoms with Crippen molar-refractivity contribution in [3.63, 3.8) is 0 Å². The van der Waals surface area contributed by atoms with Crippen molar-refractivity contribution in [2.24, 2.45) is 0 Å². The van der Waals surface area contributed by atoms with Crippen LogP contribution in [0.2, 0.25) is 0 Å². The maximum atomic E-state index is 12.3. The van der Waals surface area contributed by atoms with E-state index in [1.54, 1.807) is 36.7 Å². The first kappa shape index (κ1) is 16.5. The number of nitrogens with zero attached hydrogens (tertiary/aromatic N) is 1. The third-order valence-electron chi connectivity index (χ3n) is 3.11. The number of ether oxygens (including phenoxy) is 1. The lowest BCUT2D eigenvalue weighted by Gasteiger charge is -2.11. The summed E-state index contributed by atoms with van der Waals surface area (Å²) in [5.41, 5.74) is 1.61. The van der Waals surface area contributed by atoms with Crippen molar-refractivity contribution in [3.8, 4) is 5.75 Å². The van der Waals surface area contributed by atoms with Crippen molar-refractivity contribution in [1.82, 2.24) is 9.71 Å². The first-order valence-electron chi connectivity index (χ1n) is 7.15. The fourth-order valence-corrected chi connectivity index (χ4v) is 3.03. The molecule has 0 radical (unpaired) electrons. The average molecular weight is 320 g/mol. The van der Waals surface area contributed by atoms with Crippen LogP contribution < -0.4 is 9.46 Å². The molecule has 0 unspecified atom stereocenters. The van der Waals surface area contributed by atoms with Crippen LogP contribution in [0.3, 0.4) is 0 Å². The molecule has 2 aromatic rings. The summed E-state index contributed by atoms with van der Waals surface area (Å²) in [4.78, 5) is 4.19. The van der Waals surface area contributed by atoms with Gasteiger partial charge in [0, 0.05) is 18.9 Å². The maximum absolute atomic E-state index is 12.3. The minimum Gasteiger partial charge on any atom is -0.493 e. The van der Waals surface area contributed by atoms with Gasteiger partial charge in [-0.05, 0) is 48.7 Å². The van der Waals surface area contributed by atoms with E-state index < -0.39 is 10.0 Å². The Balaban J connectivity index is 2.10. The first-order chi connectivity index (χ1) is 10.5. The van der Waals surface area contributed by atoms with E-state index in [4.69, 9.17) is 4.74 Å². The number of nitrogens with one attached hydrogen (secondary N) is 1. The highest BCUT2D eigenvalue weighted by atomic mass is 32.2. The molecule has 0 aliphatic carbocycles. The molecule has 0 saturated carbocycles. The molecule has 1 aromatic heterocycles. The van der Waals surface area contributed by atoms with Gasteiger partial charge >= 0.3 is 0 Å². The highest BCUT2D eigenvalue weighted by Gasteiger charge is 2.15. The van der Waals surface area contributed by atoms with Crippen LogP contribution >= 0.6 is 0 Å². The molecule has 0 atom stereocenters. The van der Waals surface area contributed by atoms with Crippen LogP contribution in [0.5, 0.6) is 5.75 Å². The predicted molar refractivity (Wildman–Crippen MR) is 85.2 cm³/mol. The van der Waals surface area contributed by atoms with E-state index in [2.05, 4.69) is 9.71 Å². The SMILES string of the molecule is CCCOc1ccc(S(=O)(=O)NCc2cccnc2)cc1C. The van der Waals surface area contributed by atoms with E-state index in [1.807, 2.05) is 19.9 Å². The second-order valence-electron chi connectivity index (χ2n) is 4.96. The molecule has 22 heavy (non-hydrogen) atoms. The van der Waals surface area contributed by atoms with Crippen molar-refractivity contribution >= 4 is 10.0 Å². The van der Waals surface area contributed by atoms with Crippen LogP contribution in [-0.4, -0.2) is 20.0 Å². The smallest absolute Gasteiger partial charge is 0.240 e. The minimum absolute atomic E-state index is 0.212. The van der Waals surface area contributed by atoms with Crippen LogP contribution in [0.15, 0.2) is 47.6 Å². The minimum atomic E-state index is -3.55. The van der Waals surface area contributed by atoms with Gasteiger partial charge in [0.2, 0.25) is 10.0 Å². The number of sulfonamides is 1. The van der Waals surface area contributed by atoms with Crippen molar-refractivity contribution in [2.75, 3.05) is 6.61 Å². The lowest BCUT2D eigenvalue weighted by molar-refractivity contribution is 0.315. The fraction of sp³-hybridized carbons (Fsp3) is 0.312. The highest BCUT2D eigenvalue weighted by Crippen LogP contribution is 2.22. The predicted octanol–water partition coefficient (Wildman–Crippen LogP) is 2.66. The Kier molecular flexibility index (Phi) is 5.51.